The normalized spacial score (nSPS) is 29.2. The molecule has 2 N–H and O–H groups in total. The van der Waals surface area contributed by atoms with Gasteiger partial charge in [0.25, 0.3) is 0 Å². The predicted molar refractivity (Wildman–Crippen MR) is 62.1 cm³/mol. The zero-order valence-electron chi connectivity index (χ0n) is 9.63. The summed E-state index contributed by atoms with van der Waals surface area (Å²) in [6.07, 6.45) is 7.57. The van der Waals surface area contributed by atoms with E-state index in [9.17, 15) is 0 Å². The molecular formula is C12H24N2O. The van der Waals surface area contributed by atoms with E-state index >= 15 is 0 Å². The number of ether oxygens (including phenoxy) is 1. The molecule has 1 atom stereocenters. The van der Waals surface area contributed by atoms with Crippen LogP contribution in [0.3, 0.4) is 0 Å². The molecule has 2 rings (SSSR count). The van der Waals surface area contributed by atoms with Crippen molar-refractivity contribution in [3.8, 4) is 0 Å². The third-order valence-electron chi connectivity index (χ3n) is 3.53. The van der Waals surface area contributed by atoms with E-state index in [0.717, 1.165) is 32.2 Å². The van der Waals surface area contributed by atoms with Gasteiger partial charge in [-0.2, -0.15) is 0 Å². The molecule has 1 aliphatic carbocycles. The second-order valence-electron chi connectivity index (χ2n) is 4.86. The van der Waals surface area contributed by atoms with E-state index in [1.54, 1.807) is 0 Å². The Hall–Kier alpha value is -0.120. The number of rotatable bonds is 4. The minimum absolute atomic E-state index is 0.391. The first-order valence-corrected chi connectivity index (χ1v) is 6.48. The summed E-state index contributed by atoms with van der Waals surface area (Å²) in [4.78, 5) is 0. The van der Waals surface area contributed by atoms with Crippen LogP contribution >= 0.6 is 0 Å². The maximum absolute atomic E-state index is 5.64. The standard InChI is InChI=1S/C12H24N2O/c1-2-4-11(5-3-1)8-14-10-12-9-13-6-7-15-12/h11-14H,1-10H2. The zero-order chi connectivity index (χ0) is 10.3. The summed E-state index contributed by atoms with van der Waals surface area (Å²) in [5.74, 6) is 0.926. The van der Waals surface area contributed by atoms with Crippen molar-refractivity contribution in [2.75, 3.05) is 32.8 Å². The molecule has 1 unspecified atom stereocenters. The maximum Gasteiger partial charge on any atom is 0.0824 e. The lowest BCUT2D eigenvalue weighted by Gasteiger charge is -2.26. The van der Waals surface area contributed by atoms with Crippen LogP contribution in [0.1, 0.15) is 32.1 Å². The Morgan fingerprint density at radius 2 is 2.00 bits per heavy atom. The average molecular weight is 212 g/mol. The molecule has 1 saturated heterocycles. The van der Waals surface area contributed by atoms with Crippen LogP contribution in [0.25, 0.3) is 0 Å². The van der Waals surface area contributed by atoms with Gasteiger partial charge in [0, 0.05) is 19.6 Å². The smallest absolute Gasteiger partial charge is 0.0824 e. The van der Waals surface area contributed by atoms with Crippen LogP contribution in [0.2, 0.25) is 0 Å². The van der Waals surface area contributed by atoms with Gasteiger partial charge in [-0.05, 0) is 25.3 Å². The fourth-order valence-electron chi connectivity index (χ4n) is 2.59. The fraction of sp³-hybridized carbons (Fsp3) is 1.00. The van der Waals surface area contributed by atoms with Crippen molar-refractivity contribution in [3.05, 3.63) is 0 Å². The van der Waals surface area contributed by atoms with Crippen molar-refractivity contribution >= 4 is 0 Å². The van der Waals surface area contributed by atoms with Gasteiger partial charge in [-0.25, -0.2) is 0 Å². The molecule has 0 aromatic heterocycles. The summed E-state index contributed by atoms with van der Waals surface area (Å²) >= 11 is 0. The Morgan fingerprint density at radius 3 is 2.73 bits per heavy atom. The van der Waals surface area contributed by atoms with E-state index < -0.39 is 0 Å². The Bertz CT molecular complexity index is 145. The minimum Gasteiger partial charge on any atom is -0.374 e. The molecule has 3 heteroatoms. The zero-order valence-corrected chi connectivity index (χ0v) is 9.63. The quantitative estimate of drug-likeness (QED) is 0.733. The molecule has 2 aliphatic rings. The van der Waals surface area contributed by atoms with Gasteiger partial charge in [0.15, 0.2) is 0 Å². The summed E-state index contributed by atoms with van der Waals surface area (Å²) in [5, 5.41) is 6.92. The Morgan fingerprint density at radius 1 is 1.13 bits per heavy atom. The van der Waals surface area contributed by atoms with Gasteiger partial charge in [-0.15, -0.1) is 0 Å². The number of morpholine rings is 1. The molecule has 1 saturated carbocycles. The van der Waals surface area contributed by atoms with Crippen molar-refractivity contribution in [3.63, 3.8) is 0 Å². The van der Waals surface area contributed by atoms with Crippen molar-refractivity contribution < 1.29 is 4.74 Å². The molecule has 0 aromatic carbocycles. The van der Waals surface area contributed by atoms with Crippen LogP contribution in [0.5, 0.6) is 0 Å². The second-order valence-corrected chi connectivity index (χ2v) is 4.86. The van der Waals surface area contributed by atoms with Gasteiger partial charge in [0.05, 0.1) is 12.7 Å². The molecular weight excluding hydrogens is 188 g/mol. The largest absolute Gasteiger partial charge is 0.374 e. The Balaban J connectivity index is 1.53. The van der Waals surface area contributed by atoms with Crippen LogP contribution in [0.4, 0.5) is 0 Å². The van der Waals surface area contributed by atoms with Crippen molar-refractivity contribution in [1.29, 1.82) is 0 Å². The number of hydrogen-bond acceptors (Lipinski definition) is 3. The topological polar surface area (TPSA) is 33.3 Å². The SMILES string of the molecule is C1CCC(CNCC2CNCCO2)CC1. The molecule has 0 bridgehead atoms. The van der Waals surface area contributed by atoms with Crippen LogP contribution in [0, 0.1) is 5.92 Å². The monoisotopic (exact) mass is 212 g/mol. The molecule has 1 heterocycles. The van der Waals surface area contributed by atoms with Crippen LogP contribution < -0.4 is 10.6 Å². The molecule has 2 fully saturated rings. The summed E-state index contributed by atoms with van der Waals surface area (Å²) in [6, 6.07) is 0. The molecule has 0 amide bonds. The second kappa shape index (κ2) is 6.46. The average Bonchev–Trinajstić information content (AvgIpc) is 2.32. The first-order valence-electron chi connectivity index (χ1n) is 6.48. The van der Waals surface area contributed by atoms with E-state index in [4.69, 9.17) is 4.74 Å². The summed E-state index contributed by atoms with van der Waals surface area (Å²) in [6.45, 7) is 5.11. The first-order chi connectivity index (χ1) is 7.45. The predicted octanol–water partition coefficient (Wildman–Crippen LogP) is 1.14. The number of nitrogens with one attached hydrogen (secondary N) is 2. The van der Waals surface area contributed by atoms with Crippen LogP contribution in [0.15, 0.2) is 0 Å². The molecule has 0 aromatic rings. The minimum atomic E-state index is 0.391. The molecule has 1 aliphatic heterocycles. The van der Waals surface area contributed by atoms with Crippen molar-refractivity contribution in [2.45, 2.75) is 38.2 Å². The van der Waals surface area contributed by atoms with Crippen LogP contribution in [-0.4, -0.2) is 38.9 Å². The van der Waals surface area contributed by atoms with E-state index in [1.165, 1.54) is 38.6 Å². The third kappa shape index (κ3) is 4.09. The highest BCUT2D eigenvalue weighted by molar-refractivity contribution is 4.72. The van der Waals surface area contributed by atoms with Gasteiger partial charge in [0.2, 0.25) is 0 Å². The van der Waals surface area contributed by atoms with Gasteiger partial charge in [-0.1, -0.05) is 19.3 Å². The van der Waals surface area contributed by atoms with Crippen molar-refractivity contribution in [1.82, 2.24) is 10.6 Å². The highest BCUT2D eigenvalue weighted by atomic mass is 16.5. The number of hydrogen-bond donors (Lipinski definition) is 2. The lowest BCUT2D eigenvalue weighted by Crippen LogP contribution is -2.44. The van der Waals surface area contributed by atoms with E-state index in [1.807, 2.05) is 0 Å². The highest BCUT2D eigenvalue weighted by Crippen LogP contribution is 2.22. The fourth-order valence-corrected chi connectivity index (χ4v) is 2.59. The third-order valence-corrected chi connectivity index (χ3v) is 3.53. The van der Waals surface area contributed by atoms with Gasteiger partial charge in [-0.3, -0.25) is 0 Å². The van der Waals surface area contributed by atoms with Gasteiger partial charge in [0.1, 0.15) is 0 Å². The molecule has 0 spiro atoms. The summed E-state index contributed by atoms with van der Waals surface area (Å²) in [7, 11) is 0. The van der Waals surface area contributed by atoms with Gasteiger partial charge >= 0.3 is 0 Å². The Kier molecular flexibility index (Phi) is 4.90. The molecule has 88 valence electrons. The first kappa shape index (κ1) is 11.4. The lowest BCUT2D eigenvalue weighted by molar-refractivity contribution is 0.0285. The van der Waals surface area contributed by atoms with E-state index in [2.05, 4.69) is 10.6 Å². The lowest BCUT2D eigenvalue weighted by atomic mass is 9.89. The maximum atomic E-state index is 5.64. The molecule has 0 radical (unpaired) electrons. The summed E-state index contributed by atoms with van der Waals surface area (Å²) in [5.41, 5.74) is 0. The van der Waals surface area contributed by atoms with Crippen LogP contribution in [-0.2, 0) is 4.74 Å². The molecule has 3 nitrogen and oxygen atoms in total. The van der Waals surface area contributed by atoms with Crippen molar-refractivity contribution in [2.24, 2.45) is 5.92 Å². The molecule has 15 heavy (non-hydrogen) atoms. The summed E-state index contributed by atoms with van der Waals surface area (Å²) < 4.78 is 5.64. The van der Waals surface area contributed by atoms with Gasteiger partial charge < -0.3 is 15.4 Å². The highest BCUT2D eigenvalue weighted by Gasteiger charge is 2.15. The van der Waals surface area contributed by atoms with E-state index in [-0.39, 0.29) is 0 Å². The Labute approximate surface area is 93.0 Å². The van der Waals surface area contributed by atoms with E-state index in [0.29, 0.717) is 6.10 Å².